The molecule has 3 aromatic rings. The molecular formula is C23H24N2O2. The lowest BCUT2D eigenvalue weighted by Crippen LogP contribution is -2.57. The number of nitrogens with zero attached hydrogens (tertiary/aromatic N) is 2. The molecule has 5 rings (SSSR count). The molecule has 0 amide bonds. The van der Waals surface area contributed by atoms with Crippen LogP contribution in [0.1, 0.15) is 37.6 Å². The van der Waals surface area contributed by atoms with Gasteiger partial charge in [0.1, 0.15) is 11.4 Å². The summed E-state index contributed by atoms with van der Waals surface area (Å²) < 4.78 is 14.7. The van der Waals surface area contributed by atoms with Crippen molar-refractivity contribution in [2.45, 2.75) is 38.7 Å². The molecule has 2 aliphatic rings. The summed E-state index contributed by atoms with van der Waals surface area (Å²) >= 11 is 0. The van der Waals surface area contributed by atoms with Gasteiger partial charge < -0.3 is 9.47 Å². The highest BCUT2D eigenvalue weighted by atomic mass is 16.5. The van der Waals surface area contributed by atoms with E-state index < -0.39 is 0 Å². The van der Waals surface area contributed by atoms with Crippen LogP contribution < -0.4 is 9.47 Å². The van der Waals surface area contributed by atoms with Gasteiger partial charge in [-0.3, -0.25) is 0 Å². The number of para-hydroxylation sites is 2. The van der Waals surface area contributed by atoms with E-state index in [-0.39, 0.29) is 16.9 Å². The van der Waals surface area contributed by atoms with Gasteiger partial charge in [-0.05, 0) is 39.0 Å². The van der Waals surface area contributed by atoms with E-state index in [4.69, 9.17) is 14.6 Å². The number of aromatic nitrogens is 2. The Labute approximate surface area is 159 Å². The number of fused-ring (bicyclic) bond motifs is 5. The number of rotatable bonds is 1. The normalized spacial score (nSPS) is 24.8. The summed E-state index contributed by atoms with van der Waals surface area (Å²) in [5, 5.41) is 4.89. The molecule has 0 N–H and O–H groups in total. The smallest absolute Gasteiger partial charge is 0.221 e. The second-order valence-corrected chi connectivity index (χ2v) is 8.28. The molecule has 138 valence electrons. The van der Waals surface area contributed by atoms with Crippen molar-refractivity contribution in [3.05, 3.63) is 71.4 Å². The van der Waals surface area contributed by atoms with Crippen LogP contribution >= 0.6 is 0 Å². The molecule has 0 radical (unpaired) electrons. The van der Waals surface area contributed by atoms with Crippen molar-refractivity contribution < 1.29 is 9.47 Å². The average Bonchev–Trinajstić information content (AvgIpc) is 2.98. The zero-order chi connectivity index (χ0) is 18.8. The molecule has 0 saturated heterocycles. The molecule has 0 bridgehead atoms. The number of ether oxygens (including phenoxy) is 2. The first-order valence-electron chi connectivity index (χ1n) is 9.50. The minimum absolute atomic E-state index is 0.194. The predicted molar refractivity (Wildman–Crippen MR) is 105 cm³/mol. The summed E-state index contributed by atoms with van der Waals surface area (Å²) in [5.74, 6) is 2.01. The van der Waals surface area contributed by atoms with E-state index in [0.29, 0.717) is 6.61 Å². The van der Waals surface area contributed by atoms with Gasteiger partial charge >= 0.3 is 0 Å². The van der Waals surface area contributed by atoms with Gasteiger partial charge in [0.15, 0.2) is 0 Å². The van der Waals surface area contributed by atoms with Crippen molar-refractivity contribution in [1.82, 2.24) is 9.78 Å². The molecule has 0 unspecified atom stereocenters. The lowest BCUT2D eigenvalue weighted by Gasteiger charge is -2.52. The molecule has 4 heteroatoms. The van der Waals surface area contributed by atoms with E-state index in [0.717, 1.165) is 23.0 Å². The lowest BCUT2D eigenvalue weighted by atomic mass is 9.60. The molecule has 0 saturated carbocycles. The molecule has 0 spiro atoms. The molecule has 4 nitrogen and oxygen atoms in total. The van der Waals surface area contributed by atoms with Gasteiger partial charge in [-0.15, -0.1) is 0 Å². The lowest BCUT2D eigenvalue weighted by molar-refractivity contribution is -0.0440. The molecular weight excluding hydrogens is 336 g/mol. The zero-order valence-electron chi connectivity index (χ0n) is 16.2. The fraction of sp³-hybridized carbons (Fsp3) is 0.348. The third-order valence-electron chi connectivity index (χ3n) is 6.29. The Hall–Kier alpha value is -2.75. The maximum atomic E-state index is 6.60. The molecule has 3 heterocycles. The third-order valence-corrected chi connectivity index (χ3v) is 6.29. The maximum absolute atomic E-state index is 6.60. The highest BCUT2D eigenvalue weighted by Crippen LogP contribution is 2.57. The minimum atomic E-state index is -0.381. The SMILES string of the molecule is Cc1nn(-c2ccccc2)c2c1[C@]1(C)c3ccccc3OC[C@@H]1C(C)(C)O2. The summed E-state index contributed by atoms with van der Waals surface area (Å²) in [7, 11) is 0. The Morgan fingerprint density at radius 1 is 1.00 bits per heavy atom. The number of benzene rings is 2. The van der Waals surface area contributed by atoms with Crippen LogP contribution in [-0.2, 0) is 5.41 Å². The molecule has 27 heavy (non-hydrogen) atoms. The van der Waals surface area contributed by atoms with Crippen LogP contribution in [0.5, 0.6) is 11.6 Å². The first kappa shape index (κ1) is 16.4. The summed E-state index contributed by atoms with van der Waals surface area (Å²) in [6.07, 6.45) is 0. The molecule has 2 aromatic carbocycles. The summed E-state index contributed by atoms with van der Waals surface area (Å²) in [5.41, 5.74) is 3.81. The highest BCUT2D eigenvalue weighted by molar-refractivity contribution is 5.57. The molecule has 0 fully saturated rings. The van der Waals surface area contributed by atoms with Crippen LogP contribution in [-0.4, -0.2) is 22.0 Å². The van der Waals surface area contributed by atoms with Gasteiger partial charge in [-0.1, -0.05) is 43.3 Å². The van der Waals surface area contributed by atoms with E-state index in [9.17, 15) is 0 Å². The van der Waals surface area contributed by atoms with E-state index in [1.54, 1.807) is 0 Å². The van der Waals surface area contributed by atoms with Crippen LogP contribution in [0.3, 0.4) is 0 Å². The molecule has 0 aliphatic carbocycles. The van der Waals surface area contributed by atoms with E-state index in [1.807, 2.05) is 28.9 Å². The Balaban J connectivity index is 1.82. The largest absolute Gasteiger partial charge is 0.493 e. The van der Waals surface area contributed by atoms with Gasteiger partial charge in [0, 0.05) is 22.5 Å². The van der Waals surface area contributed by atoms with Gasteiger partial charge in [-0.2, -0.15) is 5.10 Å². The number of aryl methyl sites for hydroxylation is 1. The number of hydrogen-bond acceptors (Lipinski definition) is 3. The molecule has 2 aliphatic heterocycles. The maximum Gasteiger partial charge on any atom is 0.221 e. The second-order valence-electron chi connectivity index (χ2n) is 8.28. The standard InChI is InChI=1S/C23H24N2O2/c1-15-20-21(25(24-15)16-10-6-5-7-11-16)27-22(2,3)19-14-26-18-13-9-8-12-17(18)23(19,20)4/h5-13,19H,14H2,1-4H3/t19-,23-/m1/s1. The highest BCUT2D eigenvalue weighted by Gasteiger charge is 2.57. The second kappa shape index (κ2) is 5.38. The zero-order valence-corrected chi connectivity index (χ0v) is 16.2. The van der Waals surface area contributed by atoms with Gasteiger partial charge in [-0.25, -0.2) is 4.68 Å². The average molecular weight is 360 g/mol. The third kappa shape index (κ3) is 2.13. The Bertz CT molecular complexity index is 1020. The van der Waals surface area contributed by atoms with Crippen molar-refractivity contribution in [2.75, 3.05) is 6.61 Å². The van der Waals surface area contributed by atoms with Crippen LogP contribution in [0.25, 0.3) is 5.69 Å². The fourth-order valence-corrected chi connectivity index (χ4v) is 5.02. The molecule has 1 aromatic heterocycles. The van der Waals surface area contributed by atoms with Gasteiger partial charge in [0.25, 0.3) is 0 Å². The first-order chi connectivity index (χ1) is 12.9. The number of hydrogen-bond donors (Lipinski definition) is 0. The summed E-state index contributed by atoms with van der Waals surface area (Å²) in [4.78, 5) is 0. The van der Waals surface area contributed by atoms with Gasteiger partial charge in [0.05, 0.1) is 18.0 Å². The van der Waals surface area contributed by atoms with Crippen LogP contribution in [0.2, 0.25) is 0 Å². The summed E-state index contributed by atoms with van der Waals surface area (Å²) in [6, 6.07) is 18.6. The van der Waals surface area contributed by atoms with Crippen LogP contribution in [0.4, 0.5) is 0 Å². The van der Waals surface area contributed by atoms with Gasteiger partial charge in [0.2, 0.25) is 5.88 Å². The van der Waals surface area contributed by atoms with Crippen LogP contribution in [0.15, 0.2) is 54.6 Å². The fourth-order valence-electron chi connectivity index (χ4n) is 5.02. The van der Waals surface area contributed by atoms with E-state index >= 15 is 0 Å². The van der Waals surface area contributed by atoms with Crippen molar-refractivity contribution in [3.63, 3.8) is 0 Å². The van der Waals surface area contributed by atoms with Crippen molar-refractivity contribution in [2.24, 2.45) is 5.92 Å². The quantitative estimate of drug-likeness (QED) is 0.633. The summed E-state index contributed by atoms with van der Waals surface area (Å²) in [6.45, 7) is 9.37. The van der Waals surface area contributed by atoms with Crippen molar-refractivity contribution in [3.8, 4) is 17.3 Å². The van der Waals surface area contributed by atoms with E-state index in [2.05, 4.69) is 58.0 Å². The van der Waals surface area contributed by atoms with Crippen LogP contribution in [0, 0.1) is 12.8 Å². The first-order valence-corrected chi connectivity index (χ1v) is 9.50. The van der Waals surface area contributed by atoms with Crippen molar-refractivity contribution in [1.29, 1.82) is 0 Å². The van der Waals surface area contributed by atoms with Crippen molar-refractivity contribution >= 4 is 0 Å². The topological polar surface area (TPSA) is 36.3 Å². The molecule has 2 atom stereocenters. The minimum Gasteiger partial charge on any atom is -0.493 e. The van der Waals surface area contributed by atoms with E-state index in [1.165, 1.54) is 11.1 Å². The Morgan fingerprint density at radius 2 is 1.70 bits per heavy atom. The monoisotopic (exact) mass is 360 g/mol. The Kier molecular flexibility index (Phi) is 3.27. The predicted octanol–water partition coefficient (Wildman–Crippen LogP) is 4.67. The Morgan fingerprint density at radius 3 is 2.48 bits per heavy atom.